The van der Waals surface area contributed by atoms with Gasteiger partial charge in [0.05, 0.1) is 6.26 Å². The Kier molecular flexibility index (Phi) is 4.83. The summed E-state index contributed by atoms with van der Waals surface area (Å²) in [6, 6.07) is 13.3. The Morgan fingerprint density at radius 2 is 1.96 bits per heavy atom. The number of carbonyl (C=O) groups excluding carboxylic acids is 1. The second-order valence-corrected chi connectivity index (χ2v) is 5.06. The summed E-state index contributed by atoms with van der Waals surface area (Å²) in [5.41, 5.74) is 0.894. The van der Waals surface area contributed by atoms with Crippen LogP contribution in [0.15, 0.2) is 57.7 Å². The zero-order valence-corrected chi connectivity index (χ0v) is 12.6. The number of aryl methyl sites for hydroxylation is 1. The van der Waals surface area contributed by atoms with E-state index in [-0.39, 0.29) is 5.91 Å². The Morgan fingerprint density at radius 3 is 2.74 bits per heavy atom. The van der Waals surface area contributed by atoms with Crippen molar-refractivity contribution < 1.29 is 13.7 Å². The van der Waals surface area contributed by atoms with E-state index in [4.69, 9.17) is 8.94 Å². The molecule has 2 heterocycles. The monoisotopic (exact) mass is 311 g/mol. The molecule has 2 aromatic heterocycles. The van der Waals surface area contributed by atoms with Gasteiger partial charge in [0.1, 0.15) is 5.76 Å². The number of benzene rings is 1. The summed E-state index contributed by atoms with van der Waals surface area (Å²) in [6.07, 6.45) is 3.04. The molecule has 0 saturated heterocycles. The van der Waals surface area contributed by atoms with E-state index < -0.39 is 0 Å². The van der Waals surface area contributed by atoms with Crippen LogP contribution < -0.4 is 5.32 Å². The normalized spacial score (nSPS) is 10.6. The van der Waals surface area contributed by atoms with Crippen LogP contribution in [0.5, 0.6) is 0 Å². The highest BCUT2D eigenvalue weighted by molar-refractivity contribution is 5.76. The van der Waals surface area contributed by atoms with E-state index in [1.807, 2.05) is 42.5 Å². The van der Waals surface area contributed by atoms with Crippen LogP contribution in [0.4, 0.5) is 0 Å². The van der Waals surface area contributed by atoms with E-state index in [1.54, 1.807) is 6.26 Å². The molecule has 3 rings (SSSR count). The molecule has 0 saturated carbocycles. The average Bonchev–Trinajstić information content (AvgIpc) is 3.25. The van der Waals surface area contributed by atoms with Crippen molar-refractivity contribution in [2.24, 2.45) is 0 Å². The molecule has 118 valence electrons. The summed E-state index contributed by atoms with van der Waals surface area (Å²) in [6.45, 7) is 0.547. The van der Waals surface area contributed by atoms with E-state index in [9.17, 15) is 4.79 Å². The zero-order chi connectivity index (χ0) is 15.9. The largest absolute Gasteiger partial charge is 0.469 e. The molecule has 6 heteroatoms. The van der Waals surface area contributed by atoms with Crippen molar-refractivity contribution in [2.75, 3.05) is 6.54 Å². The van der Waals surface area contributed by atoms with Crippen molar-refractivity contribution in [1.82, 2.24) is 15.5 Å². The predicted octanol–water partition coefficient (Wildman–Crippen LogP) is 2.62. The lowest BCUT2D eigenvalue weighted by molar-refractivity contribution is -0.121. The summed E-state index contributed by atoms with van der Waals surface area (Å²) in [7, 11) is 0. The summed E-state index contributed by atoms with van der Waals surface area (Å²) < 4.78 is 10.4. The van der Waals surface area contributed by atoms with E-state index >= 15 is 0 Å². The molecule has 0 unspecified atom stereocenters. The molecule has 0 spiro atoms. The fourth-order valence-electron chi connectivity index (χ4n) is 2.15. The Morgan fingerprint density at radius 1 is 1.09 bits per heavy atom. The quantitative estimate of drug-likeness (QED) is 0.725. The highest BCUT2D eigenvalue weighted by Gasteiger charge is 2.10. The van der Waals surface area contributed by atoms with Gasteiger partial charge in [-0.2, -0.15) is 4.98 Å². The van der Waals surface area contributed by atoms with Crippen molar-refractivity contribution in [2.45, 2.75) is 19.3 Å². The molecule has 0 aliphatic carbocycles. The molecule has 1 amide bonds. The van der Waals surface area contributed by atoms with Crippen LogP contribution in [0.1, 0.15) is 18.1 Å². The van der Waals surface area contributed by atoms with Gasteiger partial charge < -0.3 is 14.3 Å². The minimum absolute atomic E-state index is 0.0454. The Bertz CT molecular complexity index is 736. The number of hydrogen-bond acceptors (Lipinski definition) is 5. The van der Waals surface area contributed by atoms with Gasteiger partial charge in [-0.3, -0.25) is 4.79 Å². The van der Waals surface area contributed by atoms with Crippen LogP contribution >= 0.6 is 0 Å². The molecule has 3 aromatic rings. The third-order valence-corrected chi connectivity index (χ3v) is 3.34. The van der Waals surface area contributed by atoms with Gasteiger partial charge in [-0.1, -0.05) is 35.5 Å². The van der Waals surface area contributed by atoms with Gasteiger partial charge >= 0.3 is 0 Å². The molecule has 1 aromatic carbocycles. The first-order valence-electron chi connectivity index (χ1n) is 7.48. The van der Waals surface area contributed by atoms with Crippen LogP contribution in [-0.2, 0) is 17.6 Å². The summed E-state index contributed by atoms with van der Waals surface area (Å²) in [5, 5.41) is 6.77. The Labute approximate surface area is 133 Å². The fraction of sp³-hybridized carbons (Fsp3) is 0.235. The maximum absolute atomic E-state index is 11.8. The number of nitrogens with one attached hydrogen (secondary N) is 1. The highest BCUT2D eigenvalue weighted by atomic mass is 16.5. The van der Waals surface area contributed by atoms with Crippen molar-refractivity contribution >= 4 is 5.91 Å². The van der Waals surface area contributed by atoms with Gasteiger partial charge in [0.15, 0.2) is 0 Å². The molecule has 0 bridgehead atoms. The average molecular weight is 311 g/mol. The standard InChI is InChI=1S/C17H17N3O3/c21-15(18-11-10-14-7-4-12-22-14)8-9-16-19-17(20-23-16)13-5-2-1-3-6-13/h1-7,12H,8-11H2,(H,18,21). The molecule has 6 nitrogen and oxygen atoms in total. The van der Waals surface area contributed by atoms with Gasteiger partial charge in [-0.05, 0) is 12.1 Å². The van der Waals surface area contributed by atoms with E-state index in [1.165, 1.54) is 0 Å². The molecule has 0 aliphatic rings. The molecule has 0 aliphatic heterocycles. The van der Waals surface area contributed by atoms with E-state index in [0.717, 1.165) is 11.3 Å². The van der Waals surface area contributed by atoms with E-state index in [0.29, 0.717) is 37.5 Å². The number of amides is 1. The lowest BCUT2D eigenvalue weighted by atomic mass is 10.2. The number of furan rings is 1. The third kappa shape index (κ3) is 4.29. The lowest BCUT2D eigenvalue weighted by Crippen LogP contribution is -2.25. The maximum Gasteiger partial charge on any atom is 0.227 e. The topological polar surface area (TPSA) is 81.2 Å². The van der Waals surface area contributed by atoms with Gasteiger partial charge in [0.25, 0.3) is 0 Å². The molecule has 0 radical (unpaired) electrons. The maximum atomic E-state index is 11.8. The number of hydrogen-bond donors (Lipinski definition) is 1. The molecular formula is C17H17N3O3. The molecule has 0 atom stereocenters. The smallest absolute Gasteiger partial charge is 0.227 e. The fourth-order valence-corrected chi connectivity index (χ4v) is 2.15. The minimum atomic E-state index is -0.0454. The summed E-state index contributed by atoms with van der Waals surface area (Å²) in [5.74, 6) is 1.81. The van der Waals surface area contributed by atoms with Crippen LogP contribution in [0.25, 0.3) is 11.4 Å². The van der Waals surface area contributed by atoms with Crippen molar-refractivity contribution in [1.29, 1.82) is 0 Å². The SMILES string of the molecule is O=C(CCc1nc(-c2ccccc2)no1)NCCc1ccco1. The molecule has 0 fully saturated rings. The molecule has 23 heavy (non-hydrogen) atoms. The summed E-state index contributed by atoms with van der Waals surface area (Å²) >= 11 is 0. The number of carbonyl (C=O) groups is 1. The second kappa shape index (κ2) is 7.40. The van der Waals surface area contributed by atoms with Crippen molar-refractivity contribution in [3.8, 4) is 11.4 Å². The minimum Gasteiger partial charge on any atom is -0.469 e. The Balaban J connectivity index is 1.43. The lowest BCUT2D eigenvalue weighted by Gasteiger charge is -2.02. The third-order valence-electron chi connectivity index (χ3n) is 3.34. The first-order valence-corrected chi connectivity index (χ1v) is 7.48. The zero-order valence-electron chi connectivity index (χ0n) is 12.6. The number of aromatic nitrogens is 2. The number of rotatable bonds is 7. The van der Waals surface area contributed by atoms with Crippen LogP contribution in [0, 0.1) is 0 Å². The van der Waals surface area contributed by atoms with Crippen molar-refractivity contribution in [3.05, 3.63) is 60.4 Å². The van der Waals surface area contributed by atoms with E-state index in [2.05, 4.69) is 15.5 Å². The predicted molar refractivity (Wildman–Crippen MR) is 83.5 cm³/mol. The van der Waals surface area contributed by atoms with Gasteiger partial charge in [-0.15, -0.1) is 0 Å². The first-order chi connectivity index (χ1) is 11.3. The Hall–Kier alpha value is -2.89. The van der Waals surface area contributed by atoms with Gasteiger partial charge in [0, 0.05) is 31.4 Å². The van der Waals surface area contributed by atoms with Crippen LogP contribution in [0.3, 0.4) is 0 Å². The van der Waals surface area contributed by atoms with Crippen LogP contribution in [-0.4, -0.2) is 22.6 Å². The number of nitrogens with zero attached hydrogens (tertiary/aromatic N) is 2. The van der Waals surface area contributed by atoms with Gasteiger partial charge in [-0.25, -0.2) is 0 Å². The summed E-state index contributed by atoms with van der Waals surface area (Å²) in [4.78, 5) is 16.1. The van der Waals surface area contributed by atoms with Gasteiger partial charge in [0.2, 0.25) is 17.6 Å². The van der Waals surface area contributed by atoms with Crippen LogP contribution in [0.2, 0.25) is 0 Å². The van der Waals surface area contributed by atoms with Crippen molar-refractivity contribution in [3.63, 3.8) is 0 Å². The second-order valence-electron chi connectivity index (χ2n) is 5.06. The molecular weight excluding hydrogens is 294 g/mol. The first kappa shape index (κ1) is 15.0. The highest BCUT2D eigenvalue weighted by Crippen LogP contribution is 2.15. The molecule has 1 N–H and O–H groups in total.